The monoisotopic (exact) mass is 228 g/mol. The molecule has 0 fully saturated rings. The molecule has 0 saturated carbocycles. The Balaban J connectivity index is 2.62. The molecule has 2 aromatic carbocycles. The summed E-state index contributed by atoms with van der Waals surface area (Å²) < 4.78 is 5.47. The molecule has 1 aromatic heterocycles. The van der Waals surface area contributed by atoms with Crippen LogP contribution in [-0.4, -0.2) is 10.2 Å². The lowest BCUT2D eigenvalue weighted by Gasteiger charge is -2.02. The van der Waals surface area contributed by atoms with E-state index in [4.69, 9.17) is 4.42 Å². The van der Waals surface area contributed by atoms with Gasteiger partial charge >= 0.3 is 0 Å². The van der Waals surface area contributed by atoms with Gasteiger partial charge in [0, 0.05) is 6.07 Å². The second-order valence-electron chi connectivity index (χ2n) is 3.76. The van der Waals surface area contributed by atoms with Crippen LogP contribution in [0.5, 0.6) is 11.5 Å². The second-order valence-corrected chi connectivity index (χ2v) is 3.76. The number of benzene rings is 2. The van der Waals surface area contributed by atoms with Crippen molar-refractivity contribution in [2.24, 2.45) is 0 Å². The topological polar surface area (TPSA) is 70.7 Å². The molecule has 0 saturated heterocycles. The molecule has 3 rings (SSSR count). The number of aromatic hydroxyl groups is 2. The van der Waals surface area contributed by atoms with Crippen molar-refractivity contribution in [3.8, 4) is 11.5 Å². The first-order valence-electron chi connectivity index (χ1n) is 5.04. The second kappa shape index (κ2) is 3.25. The number of phenolic OH excluding ortho intramolecular Hbond substituents is 2. The van der Waals surface area contributed by atoms with Crippen LogP contribution in [0.1, 0.15) is 0 Å². The van der Waals surface area contributed by atoms with Crippen LogP contribution in [0.3, 0.4) is 0 Å². The largest absolute Gasteiger partial charge is 0.508 e. The van der Waals surface area contributed by atoms with Crippen LogP contribution in [0, 0.1) is 0 Å². The van der Waals surface area contributed by atoms with E-state index in [1.807, 2.05) is 0 Å². The van der Waals surface area contributed by atoms with Gasteiger partial charge in [-0.15, -0.1) is 0 Å². The molecule has 0 aliphatic rings. The van der Waals surface area contributed by atoms with Crippen molar-refractivity contribution in [1.29, 1.82) is 0 Å². The van der Waals surface area contributed by atoms with E-state index in [9.17, 15) is 15.0 Å². The molecule has 0 unspecified atom stereocenters. The van der Waals surface area contributed by atoms with Crippen LogP contribution >= 0.6 is 0 Å². The van der Waals surface area contributed by atoms with Crippen LogP contribution in [0.25, 0.3) is 21.9 Å². The first-order valence-corrected chi connectivity index (χ1v) is 5.04. The van der Waals surface area contributed by atoms with E-state index in [1.165, 1.54) is 24.3 Å². The van der Waals surface area contributed by atoms with E-state index >= 15 is 0 Å². The zero-order valence-electron chi connectivity index (χ0n) is 8.68. The van der Waals surface area contributed by atoms with Gasteiger partial charge in [-0.05, 0) is 24.3 Å². The Hall–Kier alpha value is -2.49. The van der Waals surface area contributed by atoms with E-state index < -0.39 is 0 Å². The summed E-state index contributed by atoms with van der Waals surface area (Å²) in [5, 5.41) is 19.5. The van der Waals surface area contributed by atoms with E-state index in [-0.39, 0.29) is 22.3 Å². The van der Waals surface area contributed by atoms with Gasteiger partial charge in [0.25, 0.3) is 0 Å². The summed E-state index contributed by atoms with van der Waals surface area (Å²) in [6.07, 6.45) is 0. The van der Waals surface area contributed by atoms with E-state index in [0.29, 0.717) is 16.6 Å². The third-order valence-corrected chi connectivity index (χ3v) is 2.66. The average molecular weight is 228 g/mol. The Bertz CT molecular complexity index is 786. The lowest BCUT2D eigenvalue weighted by molar-refractivity contribution is 0.474. The number of hydrogen-bond acceptors (Lipinski definition) is 4. The summed E-state index contributed by atoms with van der Waals surface area (Å²) in [5.41, 5.74) is 0.292. The van der Waals surface area contributed by atoms with Gasteiger partial charge in [0.1, 0.15) is 28.1 Å². The average Bonchev–Trinajstić information content (AvgIpc) is 2.28. The molecule has 0 aliphatic carbocycles. The Morgan fingerprint density at radius 3 is 2.65 bits per heavy atom. The molecule has 4 nitrogen and oxygen atoms in total. The van der Waals surface area contributed by atoms with Crippen molar-refractivity contribution in [2.45, 2.75) is 0 Å². The molecular weight excluding hydrogens is 220 g/mol. The van der Waals surface area contributed by atoms with Gasteiger partial charge in [0.15, 0.2) is 0 Å². The number of hydrogen-bond donors (Lipinski definition) is 2. The van der Waals surface area contributed by atoms with Crippen LogP contribution < -0.4 is 5.43 Å². The van der Waals surface area contributed by atoms with Crippen molar-refractivity contribution in [2.75, 3.05) is 0 Å². The minimum atomic E-state index is -0.306. The Morgan fingerprint density at radius 2 is 1.82 bits per heavy atom. The highest BCUT2D eigenvalue weighted by molar-refractivity contribution is 5.93. The van der Waals surface area contributed by atoms with E-state index in [1.54, 1.807) is 12.1 Å². The van der Waals surface area contributed by atoms with Crippen LogP contribution in [0.2, 0.25) is 0 Å². The highest BCUT2D eigenvalue weighted by atomic mass is 16.3. The normalized spacial score (nSPS) is 11.1. The van der Waals surface area contributed by atoms with Crippen molar-refractivity contribution < 1.29 is 14.6 Å². The van der Waals surface area contributed by atoms with Crippen LogP contribution in [-0.2, 0) is 0 Å². The van der Waals surface area contributed by atoms with Gasteiger partial charge in [0.2, 0.25) is 5.43 Å². The highest BCUT2D eigenvalue weighted by Gasteiger charge is 2.10. The van der Waals surface area contributed by atoms with Gasteiger partial charge in [-0.1, -0.05) is 6.07 Å². The highest BCUT2D eigenvalue weighted by Crippen LogP contribution is 2.26. The first-order chi connectivity index (χ1) is 8.16. The smallest absolute Gasteiger partial charge is 0.204 e. The van der Waals surface area contributed by atoms with Crippen LogP contribution in [0.4, 0.5) is 0 Å². The lowest BCUT2D eigenvalue weighted by Crippen LogP contribution is -2.01. The molecule has 4 heteroatoms. The third-order valence-electron chi connectivity index (χ3n) is 2.66. The molecule has 0 radical (unpaired) electrons. The van der Waals surface area contributed by atoms with Gasteiger partial charge in [-0.2, -0.15) is 0 Å². The lowest BCUT2D eigenvalue weighted by atomic mass is 10.1. The van der Waals surface area contributed by atoms with Crippen molar-refractivity contribution >= 4 is 21.9 Å². The predicted molar refractivity (Wildman–Crippen MR) is 63.3 cm³/mol. The van der Waals surface area contributed by atoms with Gasteiger partial charge < -0.3 is 14.6 Å². The molecule has 0 bridgehead atoms. The first kappa shape index (κ1) is 9.72. The molecule has 0 spiro atoms. The molecule has 0 aliphatic heterocycles. The predicted octanol–water partition coefficient (Wildman–Crippen LogP) is 2.36. The Morgan fingerprint density at radius 1 is 1.00 bits per heavy atom. The summed E-state index contributed by atoms with van der Waals surface area (Å²) >= 11 is 0. The SMILES string of the molecule is O=c1c2ccc(O)cc2oc2cccc(O)c12. The number of rotatable bonds is 0. The Kier molecular flexibility index (Phi) is 1.86. The molecule has 17 heavy (non-hydrogen) atoms. The summed E-state index contributed by atoms with van der Waals surface area (Å²) in [7, 11) is 0. The molecule has 3 aromatic rings. The maximum Gasteiger partial charge on any atom is 0.204 e. The van der Waals surface area contributed by atoms with Crippen molar-refractivity contribution in [3.63, 3.8) is 0 Å². The molecular formula is C13H8O4. The summed E-state index contributed by atoms with van der Waals surface area (Å²) in [6.45, 7) is 0. The van der Waals surface area contributed by atoms with Gasteiger partial charge in [-0.25, -0.2) is 0 Å². The minimum absolute atomic E-state index is 0.0279. The number of fused-ring (bicyclic) bond motifs is 2. The van der Waals surface area contributed by atoms with Gasteiger partial charge in [-0.3, -0.25) is 4.79 Å². The molecule has 1 heterocycles. The molecule has 84 valence electrons. The number of phenols is 2. The molecule has 0 atom stereocenters. The van der Waals surface area contributed by atoms with E-state index in [2.05, 4.69) is 0 Å². The third kappa shape index (κ3) is 1.34. The quantitative estimate of drug-likeness (QED) is 0.579. The fourth-order valence-corrected chi connectivity index (χ4v) is 1.87. The molecule has 0 amide bonds. The standard InChI is InChI=1S/C13H8O4/c14-7-4-5-8-11(6-7)17-10-3-1-2-9(15)12(10)13(8)16/h1-6,14-15H. The summed E-state index contributed by atoms with van der Waals surface area (Å²) in [6, 6.07) is 8.88. The zero-order valence-corrected chi connectivity index (χ0v) is 8.68. The molecule has 2 N–H and O–H groups in total. The fourth-order valence-electron chi connectivity index (χ4n) is 1.87. The maximum atomic E-state index is 12.1. The van der Waals surface area contributed by atoms with Crippen molar-refractivity contribution in [1.82, 2.24) is 0 Å². The minimum Gasteiger partial charge on any atom is -0.508 e. The maximum absolute atomic E-state index is 12.1. The van der Waals surface area contributed by atoms with Crippen molar-refractivity contribution in [3.05, 3.63) is 46.6 Å². The Labute approximate surface area is 95.3 Å². The summed E-state index contributed by atoms with van der Waals surface area (Å²) in [4.78, 5) is 12.1. The fraction of sp³-hybridized carbons (Fsp3) is 0. The van der Waals surface area contributed by atoms with E-state index in [0.717, 1.165) is 0 Å². The van der Waals surface area contributed by atoms with Gasteiger partial charge in [0.05, 0.1) is 5.39 Å². The van der Waals surface area contributed by atoms with Crippen LogP contribution in [0.15, 0.2) is 45.6 Å². The zero-order chi connectivity index (χ0) is 12.0. The summed E-state index contributed by atoms with van der Waals surface area (Å²) in [5.74, 6) is -0.0774.